The van der Waals surface area contributed by atoms with Crippen LogP contribution in [0.3, 0.4) is 0 Å². The van der Waals surface area contributed by atoms with Crippen LogP contribution in [0.1, 0.15) is 49.4 Å². The van der Waals surface area contributed by atoms with Gasteiger partial charge in [-0.25, -0.2) is 4.79 Å². The zero-order valence-corrected chi connectivity index (χ0v) is 9.41. The van der Waals surface area contributed by atoms with Gasteiger partial charge in [-0.1, -0.05) is 19.8 Å². The molecule has 1 aromatic rings. The van der Waals surface area contributed by atoms with Crippen molar-refractivity contribution >= 4 is 5.97 Å². The number of unbranched alkanes of at least 4 members (excludes halogenated alkanes) is 2. The number of aryl methyl sites for hydroxylation is 1. The summed E-state index contributed by atoms with van der Waals surface area (Å²) in [5.41, 5.74) is 0. The fourth-order valence-electron chi connectivity index (χ4n) is 1.37. The molecule has 1 rings (SSSR count). The number of ether oxygens (including phenoxy) is 1. The van der Waals surface area contributed by atoms with E-state index in [0.717, 1.165) is 18.6 Å². The molecular weight excluding hydrogens is 192 g/mol. The van der Waals surface area contributed by atoms with Gasteiger partial charge in [0, 0.05) is 6.42 Å². The van der Waals surface area contributed by atoms with Gasteiger partial charge >= 0.3 is 5.97 Å². The molecule has 15 heavy (non-hydrogen) atoms. The van der Waals surface area contributed by atoms with Gasteiger partial charge in [0.05, 0.1) is 6.61 Å². The standard InChI is InChI=1S/C12H18O3/c1-3-5-6-7-10-8-9-11(15-10)12(13)14-4-2/h8-9H,3-7H2,1-2H3. The average Bonchev–Trinajstić information content (AvgIpc) is 2.67. The molecule has 0 aliphatic carbocycles. The van der Waals surface area contributed by atoms with E-state index >= 15 is 0 Å². The number of rotatable bonds is 6. The van der Waals surface area contributed by atoms with E-state index in [1.807, 2.05) is 6.07 Å². The van der Waals surface area contributed by atoms with Crippen molar-refractivity contribution in [3.63, 3.8) is 0 Å². The summed E-state index contributed by atoms with van der Waals surface area (Å²) in [6.45, 7) is 4.32. The van der Waals surface area contributed by atoms with E-state index in [9.17, 15) is 4.79 Å². The second kappa shape index (κ2) is 6.27. The molecule has 0 fully saturated rings. The first-order chi connectivity index (χ1) is 7.27. The topological polar surface area (TPSA) is 39.4 Å². The SMILES string of the molecule is CCCCCc1ccc(C(=O)OCC)o1. The van der Waals surface area contributed by atoms with Crippen LogP contribution < -0.4 is 0 Å². The van der Waals surface area contributed by atoms with Crippen LogP contribution >= 0.6 is 0 Å². The lowest BCUT2D eigenvalue weighted by atomic mass is 10.2. The normalized spacial score (nSPS) is 10.3. The quantitative estimate of drug-likeness (QED) is 0.534. The fraction of sp³-hybridized carbons (Fsp3) is 0.583. The first kappa shape index (κ1) is 11.8. The van der Waals surface area contributed by atoms with Gasteiger partial charge in [-0.05, 0) is 25.5 Å². The predicted octanol–water partition coefficient (Wildman–Crippen LogP) is 3.19. The first-order valence-electron chi connectivity index (χ1n) is 5.53. The lowest BCUT2D eigenvalue weighted by Crippen LogP contribution is -2.02. The average molecular weight is 210 g/mol. The molecular formula is C12H18O3. The summed E-state index contributed by atoms with van der Waals surface area (Å²) in [5, 5.41) is 0. The van der Waals surface area contributed by atoms with Gasteiger partial charge in [0.1, 0.15) is 5.76 Å². The first-order valence-corrected chi connectivity index (χ1v) is 5.53. The maximum Gasteiger partial charge on any atom is 0.374 e. The Balaban J connectivity index is 2.45. The number of hydrogen-bond acceptors (Lipinski definition) is 3. The van der Waals surface area contributed by atoms with Crippen molar-refractivity contribution < 1.29 is 13.9 Å². The Morgan fingerprint density at radius 2 is 2.13 bits per heavy atom. The van der Waals surface area contributed by atoms with E-state index < -0.39 is 0 Å². The minimum atomic E-state index is -0.376. The molecule has 0 aromatic carbocycles. The summed E-state index contributed by atoms with van der Waals surface area (Å²) >= 11 is 0. The smallest absolute Gasteiger partial charge is 0.374 e. The van der Waals surface area contributed by atoms with Crippen LogP contribution in [0.2, 0.25) is 0 Å². The van der Waals surface area contributed by atoms with Crippen molar-refractivity contribution in [2.45, 2.75) is 39.5 Å². The molecule has 0 amide bonds. The van der Waals surface area contributed by atoms with Crippen LogP contribution in [-0.4, -0.2) is 12.6 Å². The molecule has 0 atom stereocenters. The molecule has 1 aromatic heterocycles. The van der Waals surface area contributed by atoms with Gasteiger partial charge in [-0.3, -0.25) is 0 Å². The van der Waals surface area contributed by atoms with Gasteiger partial charge in [-0.15, -0.1) is 0 Å². The van der Waals surface area contributed by atoms with Crippen LogP contribution in [-0.2, 0) is 11.2 Å². The molecule has 0 N–H and O–H groups in total. The van der Waals surface area contributed by atoms with Crippen LogP contribution in [0, 0.1) is 0 Å². The molecule has 1 heterocycles. The van der Waals surface area contributed by atoms with Crippen molar-refractivity contribution in [2.75, 3.05) is 6.61 Å². The van der Waals surface area contributed by atoms with Crippen LogP contribution in [0.15, 0.2) is 16.5 Å². The van der Waals surface area contributed by atoms with E-state index in [0.29, 0.717) is 12.4 Å². The fourth-order valence-corrected chi connectivity index (χ4v) is 1.37. The summed E-state index contributed by atoms with van der Waals surface area (Å²) in [6.07, 6.45) is 4.38. The molecule has 0 aliphatic heterocycles. The Hall–Kier alpha value is -1.25. The van der Waals surface area contributed by atoms with E-state index in [2.05, 4.69) is 6.92 Å². The molecule has 84 valence electrons. The van der Waals surface area contributed by atoms with Crippen molar-refractivity contribution in [2.24, 2.45) is 0 Å². The predicted molar refractivity (Wildman–Crippen MR) is 57.9 cm³/mol. The molecule has 0 aliphatic rings. The Labute approximate surface area is 90.4 Å². The monoisotopic (exact) mass is 210 g/mol. The number of furan rings is 1. The van der Waals surface area contributed by atoms with Crippen LogP contribution in [0.5, 0.6) is 0 Å². The third-order valence-corrected chi connectivity index (χ3v) is 2.16. The van der Waals surface area contributed by atoms with Crippen molar-refractivity contribution in [1.29, 1.82) is 0 Å². The number of carbonyl (C=O) groups excluding carboxylic acids is 1. The van der Waals surface area contributed by atoms with Gasteiger partial charge in [0.25, 0.3) is 0 Å². The third kappa shape index (κ3) is 3.78. The number of esters is 1. The van der Waals surface area contributed by atoms with E-state index in [1.54, 1.807) is 13.0 Å². The molecule has 3 heteroatoms. The summed E-state index contributed by atoms with van der Waals surface area (Å²) in [7, 11) is 0. The largest absolute Gasteiger partial charge is 0.460 e. The van der Waals surface area contributed by atoms with Crippen LogP contribution in [0.25, 0.3) is 0 Å². The number of hydrogen-bond donors (Lipinski definition) is 0. The van der Waals surface area contributed by atoms with Gasteiger partial charge in [0.15, 0.2) is 0 Å². The highest BCUT2D eigenvalue weighted by Crippen LogP contribution is 2.12. The highest BCUT2D eigenvalue weighted by Gasteiger charge is 2.11. The van der Waals surface area contributed by atoms with Gasteiger partial charge in [0.2, 0.25) is 5.76 Å². The van der Waals surface area contributed by atoms with E-state index in [-0.39, 0.29) is 5.97 Å². The molecule has 0 radical (unpaired) electrons. The second-order valence-corrected chi connectivity index (χ2v) is 3.44. The maximum absolute atomic E-state index is 11.3. The van der Waals surface area contributed by atoms with Gasteiger partial charge in [-0.2, -0.15) is 0 Å². The van der Waals surface area contributed by atoms with Crippen molar-refractivity contribution in [3.8, 4) is 0 Å². The molecule has 0 unspecified atom stereocenters. The molecule has 0 spiro atoms. The highest BCUT2D eigenvalue weighted by molar-refractivity contribution is 5.86. The minimum absolute atomic E-state index is 0.309. The summed E-state index contributed by atoms with van der Waals surface area (Å²) in [4.78, 5) is 11.3. The summed E-state index contributed by atoms with van der Waals surface area (Å²) in [6, 6.07) is 3.53. The third-order valence-electron chi connectivity index (χ3n) is 2.16. The Bertz CT molecular complexity index is 302. The summed E-state index contributed by atoms with van der Waals surface area (Å²) in [5.74, 6) is 0.800. The highest BCUT2D eigenvalue weighted by atomic mass is 16.5. The van der Waals surface area contributed by atoms with Gasteiger partial charge < -0.3 is 9.15 Å². The molecule has 3 nitrogen and oxygen atoms in total. The minimum Gasteiger partial charge on any atom is -0.460 e. The lowest BCUT2D eigenvalue weighted by molar-refractivity contribution is 0.0488. The molecule has 0 saturated heterocycles. The Morgan fingerprint density at radius 1 is 1.33 bits per heavy atom. The molecule has 0 bridgehead atoms. The van der Waals surface area contributed by atoms with Crippen molar-refractivity contribution in [3.05, 3.63) is 23.7 Å². The van der Waals surface area contributed by atoms with Crippen molar-refractivity contribution in [1.82, 2.24) is 0 Å². The van der Waals surface area contributed by atoms with E-state index in [1.165, 1.54) is 12.8 Å². The Morgan fingerprint density at radius 3 is 2.80 bits per heavy atom. The second-order valence-electron chi connectivity index (χ2n) is 3.44. The Kier molecular flexibility index (Phi) is 4.95. The zero-order chi connectivity index (χ0) is 11.1. The maximum atomic E-state index is 11.3. The van der Waals surface area contributed by atoms with Crippen LogP contribution in [0.4, 0.5) is 0 Å². The number of carbonyl (C=O) groups is 1. The molecule has 0 saturated carbocycles. The van der Waals surface area contributed by atoms with E-state index in [4.69, 9.17) is 9.15 Å². The summed E-state index contributed by atoms with van der Waals surface area (Å²) < 4.78 is 10.2. The lowest BCUT2D eigenvalue weighted by Gasteiger charge is -1.97. The zero-order valence-electron chi connectivity index (χ0n) is 9.41.